The fourth-order valence-corrected chi connectivity index (χ4v) is 2.13. The van der Waals surface area contributed by atoms with Gasteiger partial charge in [0, 0.05) is 6.61 Å². The van der Waals surface area contributed by atoms with Crippen LogP contribution in [0.5, 0.6) is 0 Å². The predicted octanol–water partition coefficient (Wildman–Crippen LogP) is 3.37. The minimum absolute atomic E-state index is 0.0875. The van der Waals surface area contributed by atoms with E-state index < -0.39 is 35.3 Å². The first-order valence-electron chi connectivity index (χ1n) is 7.18. The Hall–Kier alpha value is -1.67. The van der Waals surface area contributed by atoms with Crippen molar-refractivity contribution in [1.29, 1.82) is 0 Å². The van der Waals surface area contributed by atoms with Gasteiger partial charge in [0.25, 0.3) is 5.91 Å². The van der Waals surface area contributed by atoms with Crippen molar-refractivity contribution in [3.63, 3.8) is 0 Å². The van der Waals surface area contributed by atoms with E-state index in [1.807, 2.05) is 0 Å². The van der Waals surface area contributed by atoms with E-state index in [0.717, 1.165) is 12.8 Å². The van der Waals surface area contributed by atoms with Crippen molar-refractivity contribution in [1.82, 2.24) is 0 Å². The van der Waals surface area contributed by atoms with Gasteiger partial charge in [0.2, 0.25) is 0 Å². The molecule has 1 N–H and O–H groups in total. The highest BCUT2D eigenvalue weighted by atomic mass is 19.4. The Balaban J connectivity index is 1.95. The third-order valence-electron chi connectivity index (χ3n) is 3.48. The molecular weight excluding hydrogens is 318 g/mol. The van der Waals surface area contributed by atoms with Gasteiger partial charge in [-0.1, -0.05) is 0 Å². The van der Waals surface area contributed by atoms with Crippen molar-refractivity contribution < 1.29 is 31.8 Å². The summed E-state index contributed by atoms with van der Waals surface area (Å²) >= 11 is 0. The Morgan fingerprint density at radius 1 is 1.48 bits per heavy atom. The Kier molecular flexibility index (Phi) is 5.59. The molecule has 0 spiro atoms. The molecular formula is C15H17F4NO3. The first kappa shape index (κ1) is 17.7. The van der Waals surface area contributed by atoms with E-state index in [2.05, 4.69) is 5.32 Å². The van der Waals surface area contributed by atoms with E-state index >= 15 is 0 Å². The molecule has 1 aromatic carbocycles. The number of ether oxygens (including phenoxy) is 2. The maximum Gasteiger partial charge on any atom is 0.416 e. The van der Waals surface area contributed by atoms with Crippen LogP contribution in [0.25, 0.3) is 0 Å². The number of hydrogen-bond donors (Lipinski definition) is 1. The summed E-state index contributed by atoms with van der Waals surface area (Å²) in [6.45, 7) is 2.29. The van der Waals surface area contributed by atoms with Gasteiger partial charge in [0.15, 0.2) is 0 Å². The number of benzene rings is 1. The topological polar surface area (TPSA) is 47.6 Å². The predicted molar refractivity (Wildman–Crippen MR) is 74.4 cm³/mol. The summed E-state index contributed by atoms with van der Waals surface area (Å²) in [6, 6.07) is 1.83. The number of carbonyl (C=O) groups is 1. The minimum Gasteiger partial charge on any atom is -0.376 e. The first-order chi connectivity index (χ1) is 10.8. The summed E-state index contributed by atoms with van der Waals surface area (Å²) in [5.74, 6) is -1.67. The largest absolute Gasteiger partial charge is 0.416 e. The highest BCUT2D eigenvalue weighted by molar-refractivity contribution is 5.94. The quantitative estimate of drug-likeness (QED) is 0.840. The van der Waals surface area contributed by atoms with Gasteiger partial charge >= 0.3 is 6.18 Å². The zero-order chi connectivity index (χ0) is 17.0. The van der Waals surface area contributed by atoms with Crippen LogP contribution in [0.1, 0.15) is 25.3 Å². The SMILES string of the molecule is C[C@@H](OC[C@@H]1CCCO1)C(=O)Nc1cc(C(F)(F)F)ccc1F. The van der Waals surface area contributed by atoms with Gasteiger partial charge in [0.1, 0.15) is 11.9 Å². The van der Waals surface area contributed by atoms with Gasteiger partial charge in [-0.3, -0.25) is 4.79 Å². The number of halogens is 4. The molecule has 1 amide bonds. The van der Waals surface area contributed by atoms with Crippen LogP contribution in [-0.2, 0) is 20.4 Å². The van der Waals surface area contributed by atoms with Crippen LogP contribution in [0.3, 0.4) is 0 Å². The van der Waals surface area contributed by atoms with Crippen LogP contribution < -0.4 is 5.32 Å². The molecule has 0 aliphatic carbocycles. The highest BCUT2D eigenvalue weighted by Crippen LogP contribution is 2.31. The Labute approximate surface area is 130 Å². The number of nitrogens with one attached hydrogen (secondary N) is 1. The minimum atomic E-state index is -4.62. The molecule has 2 atom stereocenters. The lowest BCUT2D eigenvalue weighted by Gasteiger charge is -2.17. The van der Waals surface area contributed by atoms with Gasteiger partial charge in [0.05, 0.1) is 24.0 Å². The smallest absolute Gasteiger partial charge is 0.376 e. The van der Waals surface area contributed by atoms with Gasteiger partial charge in [-0.2, -0.15) is 13.2 Å². The summed E-state index contributed by atoms with van der Waals surface area (Å²) in [7, 11) is 0. The average Bonchev–Trinajstić information content (AvgIpc) is 2.99. The first-order valence-corrected chi connectivity index (χ1v) is 7.18. The number of alkyl halides is 3. The highest BCUT2D eigenvalue weighted by Gasteiger charge is 2.31. The lowest BCUT2D eigenvalue weighted by Crippen LogP contribution is -2.31. The van der Waals surface area contributed by atoms with Crippen molar-refractivity contribution in [3.05, 3.63) is 29.6 Å². The fraction of sp³-hybridized carbons (Fsp3) is 0.533. The molecule has 1 aromatic rings. The number of rotatable bonds is 5. The van der Waals surface area contributed by atoms with E-state index in [-0.39, 0.29) is 12.7 Å². The molecule has 8 heteroatoms. The summed E-state index contributed by atoms with van der Waals surface area (Å²) in [5, 5.41) is 2.12. The molecule has 2 rings (SSSR count). The summed E-state index contributed by atoms with van der Waals surface area (Å²) < 4.78 is 62.1. The summed E-state index contributed by atoms with van der Waals surface area (Å²) in [4.78, 5) is 11.9. The molecule has 128 valence electrons. The van der Waals surface area contributed by atoms with Gasteiger partial charge in [-0.15, -0.1) is 0 Å². The second-order valence-electron chi connectivity index (χ2n) is 5.29. The van der Waals surface area contributed by atoms with Crippen LogP contribution in [0, 0.1) is 5.82 Å². The number of anilines is 1. The summed E-state index contributed by atoms with van der Waals surface area (Å²) in [5.41, 5.74) is -1.57. The molecule has 0 radical (unpaired) electrons. The average molecular weight is 335 g/mol. The molecule has 0 bridgehead atoms. The maximum absolute atomic E-state index is 13.6. The van der Waals surface area contributed by atoms with Crippen LogP contribution >= 0.6 is 0 Å². The Morgan fingerprint density at radius 3 is 2.83 bits per heavy atom. The van der Waals surface area contributed by atoms with E-state index in [0.29, 0.717) is 24.8 Å². The molecule has 1 saturated heterocycles. The molecule has 0 saturated carbocycles. The molecule has 1 fully saturated rings. The van der Waals surface area contributed by atoms with Gasteiger partial charge < -0.3 is 14.8 Å². The zero-order valence-corrected chi connectivity index (χ0v) is 12.5. The van der Waals surface area contributed by atoms with Crippen molar-refractivity contribution in [2.24, 2.45) is 0 Å². The van der Waals surface area contributed by atoms with E-state index in [1.165, 1.54) is 6.92 Å². The van der Waals surface area contributed by atoms with Crippen molar-refractivity contribution >= 4 is 11.6 Å². The van der Waals surface area contributed by atoms with Crippen LogP contribution in [0.4, 0.5) is 23.2 Å². The molecule has 1 heterocycles. The molecule has 4 nitrogen and oxygen atoms in total. The number of carbonyl (C=O) groups excluding carboxylic acids is 1. The summed E-state index contributed by atoms with van der Waals surface area (Å²) in [6.07, 6.45) is -3.89. The Bertz CT molecular complexity index is 556. The third-order valence-corrected chi connectivity index (χ3v) is 3.48. The van der Waals surface area contributed by atoms with Crippen molar-refractivity contribution in [2.45, 2.75) is 38.1 Å². The van der Waals surface area contributed by atoms with Crippen LogP contribution in [-0.4, -0.2) is 31.3 Å². The standard InChI is InChI=1S/C15H17F4NO3/c1-9(23-8-11-3-2-6-22-11)14(21)20-13-7-10(15(17,18)19)4-5-12(13)16/h4-5,7,9,11H,2-3,6,8H2,1H3,(H,20,21)/t9-,11+/m1/s1. The fourth-order valence-electron chi connectivity index (χ4n) is 2.13. The zero-order valence-electron chi connectivity index (χ0n) is 12.5. The Morgan fingerprint density at radius 2 is 2.22 bits per heavy atom. The van der Waals surface area contributed by atoms with Crippen LogP contribution in [0.2, 0.25) is 0 Å². The van der Waals surface area contributed by atoms with Gasteiger partial charge in [-0.25, -0.2) is 4.39 Å². The molecule has 1 aliphatic heterocycles. The monoisotopic (exact) mass is 335 g/mol. The molecule has 23 heavy (non-hydrogen) atoms. The maximum atomic E-state index is 13.6. The van der Waals surface area contributed by atoms with E-state index in [4.69, 9.17) is 9.47 Å². The molecule has 0 aromatic heterocycles. The lowest BCUT2D eigenvalue weighted by atomic mass is 10.2. The van der Waals surface area contributed by atoms with E-state index in [1.54, 1.807) is 0 Å². The third kappa shape index (κ3) is 4.90. The van der Waals surface area contributed by atoms with E-state index in [9.17, 15) is 22.4 Å². The second kappa shape index (κ2) is 7.27. The number of amides is 1. The second-order valence-corrected chi connectivity index (χ2v) is 5.29. The lowest BCUT2D eigenvalue weighted by molar-refractivity contribution is -0.137. The van der Waals surface area contributed by atoms with Crippen molar-refractivity contribution in [2.75, 3.05) is 18.5 Å². The molecule has 1 aliphatic rings. The van der Waals surface area contributed by atoms with Crippen LogP contribution in [0.15, 0.2) is 18.2 Å². The number of hydrogen-bond acceptors (Lipinski definition) is 3. The van der Waals surface area contributed by atoms with Gasteiger partial charge in [-0.05, 0) is 38.0 Å². The normalized spacial score (nSPS) is 19.6. The molecule has 0 unspecified atom stereocenters. The van der Waals surface area contributed by atoms with Crippen molar-refractivity contribution in [3.8, 4) is 0 Å².